The minimum Gasteiger partial charge on any atom is -0.388 e. The van der Waals surface area contributed by atoms with Crippen molar-refractivity contribution in [3.8, 4) is 6.07 Å². The van der Waals surface area contributed by atoms with Crippen LogP contribution in [0.3, 0.4) is 0 Å². The van der Waals surface area contributed by atoms with E-state index in [1.165, 1.54) is 0 Å². The quantitative estimate of drug-likeness (QED) is 0.788. The van der Waals surface area contributed by atoms with Crippen LogP contribution in [0.1, 0.15) is 12.7 Å². The van der Waals surface area contributed by atoms with E-state index in [-0.39, 0.29) is 0 Å². The molecule has 1 aromatic heterocycles. The Kier molecular flexibility index (Phi) is 7.47. The first-order valence-corrected chi connectivity index (χ1v) is 4.84. The molecule has 0 aliphatic heterocycles. The molecule has 0 saturated carbocycles. The van der Waals surface area contributed by atoms with Crippen molar-refractivity contribution < 1.29 is 4.74 Å². The van der Waals surface area contributed by atoms with Crippen molar-refractivity contribution in [1.29, 1.82) is 5.26 Å². The van der Waals surface area contributed by atoms with Crippen molar-refractivity contribution in [2.75, 3.05) is 14.2 Å². The molecule has 0 fully saturated rings. The smallest absolute Gasteiger partial charge is 0.121 e. The molecular weight excluding hydrogens is 202 g/mol. The van der Waals surface area contributed by atoms with E-state index in [0.717, 1.165) is 10.7 Å². The number of nitrogens with zero attached hydrogens (tertiary/aromatic N) is 2. The fraction of sp³-hybridized carbons (Fsp3) is 0.333. The predicted octanol–water partition coefficient (Wildman–Crippen LogP) is 0.505. The van der Waals surface area contributed by atoms with Crippen molar-refractivity contribution in [3.05, 3.63) is 29.2 Å². The maximum Gasteiger partial charge on any atom is 0.121 e. The maximum atomic E-state index is 8.47. The number of nitriles is 1. The van der Waals surface area contributed by atoms with Crippen molar-refractivity contribution in [3.63, 3.8) is 0 Å². The highest BCUT2D eigenvalue weighted by atomic mass is 16.4. The van der Waals surface area contributed by atoms with Gasteiger partial charge in [0.25, 0.3) is 0 Å². The third kappa shape index (κ3) is 4.58. The molecule has 1 rings (SSSR count). The lowest BCUT2D eigenvalue weighted by molar-refractivity contribution is 0.277. The number of ether oxygens (including phenoxy) is 1. The van der Waals surface area contributed by atoms with Crippen LogP contribution in [0.15, 0.2) is 12.7 Å². The molecule has 0 aromatic carbocycles. The molecule has 0 spiro atoms. The van der Waals surface area contributed by atoms with Crippen LogP contribution >= 0.6 is 0 Å². The highest BCUT2D eigenvalue weighted by Gasteiger charge is 1.95. The maximum absolute atomic E-state index is 8.47. The number of imidazole rings is 1. The fourth-order valence-corrected chi connectivity index (χ4v) is 1.08. The number of rotatable bonds is 2. The van der Waals surface area contributed by atoms with Gasteiger partial charge in [0.1, 0.15) is 5.82 Å². The van der Waals surface area contributed by atoms with Crippen molar-refractivity contribution in [2.45, 2.75) is 13.3 Å². The molecule has 0 aliphatic carbocycles. The third-order valence-electron chi connectivity index (χ3n) is 1.61. The first kappa shape index (κ1) is 14.1. The monoisotopic (exact) mass is 219 g/mol. The summed E-state index contributed by atoms with van der Waals surface area (Å²) in [5.74, 6) is 0.698. The first-order chi connectivity index (χ1) is 7.73. The molecule has 0 aliphatic rings. The fourth-order valence-electron chi connectivity index (χ4n) is 1.08. The Morgan fingerprint density at radius 2 is 2.19 bits per heavy atom. The van der Waals surface area contributed by atoms with Gasteiger partial charge in [-0.2, -0.15) is 5.26 Å². The summed E-state index contributed by atoms with van der Waals surface area (Å²) in [6.45, 7) is 5.51. The van der Waals surface area contributed by atoms with Gasteiger partial charge in [-0.15, -0.1) is 0 Å². The van der Waals surface area contributed by atoms with Crippen LogP contribution in [-0.2, 0) is 11.2 Å². The number of nitrogens with one attached hydrogen (secondary N) is 1. The summed E-state index contributed by atoms with van der Waals surface area (Å²) in [4.78, 5) is 7.27. The minimum absolute atomic E-state index is 0.311. The second kappa shape index (κ2) is 8.45. The Hall–Kier alpha value is -1.86. The number of hydrogen-bond donors (Lipinski definition) is 1. The lowest BCUT2D eigenvalue weighted by atomic mass is 10.4. The molecule has 0 atom stereocenters. The van der Waals surface area contributed by atoms with E-state index in [2.05, 4.69) is 21.3 Å². The summed E-state index contributed by atoms with van der Waals surface area (Å²) in [5, 5.41) is 10.2. The van der Waals surface area contributed by atoms with E-state index >= 15 is 0 Å². The molecule has 4 heteroatoms. The van der Waals surface area contributed by atoms with Crippen molar-refractivity contribution in [1.82, 2.24) is 9.97 Å². The zero-order valence-corrected chi connectivity index (χ0v) is 9.95. The van der Waals surface area contributed by atoms with Gasteiger partial charge >= 0.3 is 0 Å². The Labute approximate surface area is 95.6 Å². The Morgan fingerprint density at radius 3 is 2.62 bits per heavy atom. The van der Waals surface area contributed by atoms with Crippen LogP contribution in [0.5, 0.6) is 0 Å². The number of hydrogen-bond acceptors (Lipinski definition) is 3. The molecule has 1 aromatic rings. The molecule has 1 heterocycles. The molecule has 86 valence electrons. The molecule has 1 N–H and O–H groups in total. The van der Waals surface area contributed by atoms with E-state index in [4.69, 9.17) is 5.26 Å². The van der Waals surface area contributed by atoms with Crippen LogP contribution in [0.2, 0.25) is 0 Å². The minimum atomic E-state index is 0.311. The van der Waals surface area contributed by atoms with Crippen LogP contribution in [0.25, 0.3) is 12.2 Å². The summed E-state index contributed by atoms with van der Waals surface area (Å²) in [6.07, 6.45) is 5.73. The Balaban J connectivity index is 0.000000673. The van der Waals surface area contributed by atoms with Crippen molar-refractivity contribution >= 4 is 12.2 Å². The first-order valence-electron chi connectivity index (χ1n) is 4.84. The zero-order chi connectivity index (χ0) is 12.4. The molecular formula is C12H17N3O. The van der Waals surface area contributed by atoms with Gasteiger partial charge in [-0.1, -0.05) is 18.7 Å². The largest absolute Gasteiger partial charge is 0.388 e. The molecule has 0 bridgehead atoms. The van der Waals surface area contributed by atoms with Crippen LogP contribution in [0, 0.1) is 11.3 Å². The second-order valence-electron chi connectivity index (χ2n) is 2.92. The van der Waals surface area contributed by atoms with Gasteiger partial charge in [0.2, 0.25) is 0 Å². The van der Waals surface area contributed by atoms with E-state index in [1.807, 2.05) is 25.1 Å². The summed E-state index contributed by atoms with van der Waals surface area (Å²) in [7, 11) is 3.25. The van der Waals surface area contributed by atoms with Crippen molar-refractivity contribution in [2.24, 2.45) is 0 Å². The Morgan fingerprint density at radius 1 is 1.56 bits per heavy atom. The zero-order valence-electron chi connectivity index (χ0n) is 9.95. The van der Waals surface area contributed by atoms with E-state index in [0.29, 0.717) is 12.2 Å². The third-order valence-corrected chi connectivity index (χ3v) is 1.61. The van der Waals surface area contributed by atoms with E-state index in [1.54, 1.807) is 20.3 Å². The van der Waals surface area contributed by atoms with Gasteiger partial charge in [0, 0.05) is 14.2 Å². The summed E-state index contributed by atoms with van der Waals surface area (Å²) >= 11 is 0. The number of allylic oxidation sites excluding steroid dienone is 1. The summed E-state index contributed by atoms with van der Waals surface area (Å²) in [5.41, 5.74) is 0. The molecule has 16 heavy (non-hydrogen) atoms. The van der Waals surface area contributed by atoms with E-state index < -0.39 is 0 Å². The average Bonchev–Trinajstić information content (AvgIpc) is 2.63. The average molecular weight is 219 g/mol. The summed E-state index contributed by atoms with van der Waals surface area (Å²) < 4.78 is 4.25. The van der Waals surface area contributed by atoms with Gasteiger partial charge in [-0.25, -0.2) is 4.98 Å². The number of H-pyrrole nitrogens is 1. The molecule has 0 unspecified atom stereocenters. The van der Waals surface area contributed by atoms with Crippen LogP contribution in [0.4, 0.5) is 0 Å². The second-order valence-corrected chi connectivity index (χ2v) is 2.92. The number of aromatic amines is 1. The lowest BCUT2D eigenvalue weighted by Crippen LogP contribution is -2.23. The van der Waals surface area contributed by atoms with Crippen LogP contribution in [-0.4, -0.2) is 24.2 Å². The molecule has 4 nitrogen and oxygen atoms in total. The van der Waals surface area contributed by atoms with Crippen LogP contribution < -0.4 is 10.7 Å². The summed E-state index contributed by atoms with van der Waals surface area (Å²) in [6, 6.07) is 2.04. The van der Waals surface area contributed by atoms with E-state index in [9.17, 15) is 0 Å². The molecule has 0 radical (unpaired) electrons. The SMILES string of the molecule is C=C/C=c1/[nH]c(CC#N)n/c1=C/C.COC. The Bertz CT molecular complexity index is 465. The standard InChI is InChI=1S/C10H11N3.C2H6O/c1-3-5-9-8(4-2)12-10(13-9)6-7-11;1-3-2/h3-5H,1,6H2,2H3,(H,12,13);1-2H3/b8-4+,9-5+;. The topological polar surface area (TPSA) is 61.7 Å². The highest BCUT2D eigenvalue weighted by Crippen LogP contribution is 1.80. The number of methoxy groups -OCH3 is 1. The molecule has 0 amide bonds. The molecule has 0 saturated heterocycles. The normalized spacial score (nSPS) is 11.6. The highest BCUT2D eigenvalue weighted by molar-refractivity contribution is 5.34. The predicted molar refractivity (Wildman–Crippen MR) is 64.9 cm³/mol. The van der Waals surface area contributed by atoms with Gasteiger partial charge in [-0.05, 0) is 13.0 Å². The van der Waals surface area contributed by atoms with Gasteiger partial charge < -0.3 is 9.72 Å². The van der Waals surface area contributed by atoms with Gasteiger partial charge in [0.15, 0.2) is 0 Å². The lowest BCUT2D eigenvalue weighted by Gasteiger charge is -1.79. The van der Waals surface area contributed by atoms with Gasteiger partial charge in [0.05, 0.1) is 23.2 Å². The number of aromatic nitrogens is 2. The van der Waals surface area contributed by atoms with Gasteiger partial charge in [-0.3, -0.25) is 0 Å².